The van der Waals surface area contributed by atoms with Crippen molar-refractivity contribution in [1.82, 2.24) is 4.90 Å². The fourth-order valence-corrected chi connectivity index (χ4v) is 2.09. The molecule has 0 atom stereocenters. The SMILES string of the molecule is COCCCOc1ccc(C(=O)N(C)CC(C)(C)CN)cc1.Cl. The first kappa shape index (κ1) is 21.7. The van der Waals surface area contributed by atoms with Gasteiger partial charge in [-0.15, -0.1) is 12.4 Å². The molecule has 6 heteroatoms. The molecule has 1 amide bonds. The third-order valence-electron chi connectivity index (χ3n) is 3.43. The Balaban J connectivity index is 0.00000484. The number of hydrogen-bond donors (Lipinski definition) is 1. The molecular formula is C17H29ClN2O3. The number of carbonyl (C=O) groups excluding carboxylic acids is 1. The predicted molar refractivity (Wildman–Crippen MR) is 95.5 cm³/mol. The molecule has 0 spiro atoms. The average molecular weight is 345 g/mol. The molecule has 0 aliphatic heterocycles. The van der Waals surface area contributed by atoms with Gasteiger partial charge in [0.2, 0.25) is 0 Å². The van der Waals surface area contributed by atoms with Crippen LogP contribution in [0, 0.1) is 5.41 Å². The van der Waals surface area contributed by atoms with Crippen LogP contribution in [0.4, 0.5) is 0 Å². The van der Waals surface area contributed by atoms with Crippen molar-refractivity contribution in [1.29, 1.82) is 0 Å². The van der Waals surface area contributed by atoms with Crippen molar-refractivity contribution in [2.75, 3.05) is 40.5 Å². The Morgan fingerprint density at radius 3 is 2.35 bits per heavy atom. The number of methoxy groups -OCH3 is 1. The summed E-state index contributed by atoms with van der Waals surface area (Å²) in [6, 6.07) is 7.23. The molecule has 0 aliphatic carbocycles. The lowest BCUT2D eigenvalue weighted by Crippen LogP contribution is -2.39. The summed E-state index contributed by atoms with van der Waals surface area (Å²) in [6.07, 6.45) is 0.841. The minimum absolute atomic E-state index is 0. The molecule has 0 aromatic heterocycles. The van der Waals surface area contributed by atoms with Gasteiger partial charge in [-0.3, -0.25) is 4.79 Å². The lowest BCUT2D eigenvalue weighted by molar-refractivity contribution is 0.0740. The zero-order chi connectivity index (χ0) is 16.6. The van der Waals surface area contributed by atoms with Crippen LogP contribution in [0.25, 0.3) is 0 Å². The zero-order valence-corrected chi connectivity index (χ0v) is 15.3. The number of halogens is 1. The quantitative estimate of drug-likeness (QED) is 0.699. The molecule has 0 unspecified atom stereocenters. The van der Waals surface area contributed by atoms with Crippen LogP contribution in [0.5, 0.6) is 5.75 Å². The molecule has 1 aromatic rings. The van der Waals surface area contributed by atoms with E-state index in [-0.39, 0.29) is 23.7 Å². The minimum atomic E-state index is -0.0885. The van der Waals surface area contributed by atoms with Crippen LogP contribution in [-0.2, 0) is 4.74 Å². The number of hydrogen-bond acceptors (Lipinski definition) is 4. The van der Waals surface area contributed by atoms with Gasteiger partial charge in [0.15, 0.2) is 0 Å². The Morgan fingerprint density at radius 1 is 1.22 bits per heavy atom. The van der Waals surface area contributed by atoms with Crippen LogP contribution in [-0.4, -0.2) is 51.3 Å². The number of ether oxygens (including phenoxy) is 2. The number of carbonyl (C=O) groups is 1. The van der Waals surface area contributed by atoms with Crippen molar-refractivity contribution >= 4 is 18.3 Å². The summed E-state index contributed by atoms with van der Waals surface area (Å²) in [7, 11) is 3.47. The van der Waals surface area contributed by atoms with E-state index >= 15 is 0 Å². The summed E-state index contributed by atoms with van der Waals surface area (Å²) in [5.74, 6) is 0.755. The summed E-state index contributed by atoms with van der Waals surface area (Å²) in [5.41, 5.74) is 6.28. The highest BCUT2D eigenvalue weighted by atomic mass is 35.5. The normalized spacial score (nSPS) is 10.8. The maximum atomic E-state index is 12.4. The van der Waals surface area contributed by atoms with E-state index in [1.54, 1.807) is 31.2 Å². The Morgan fingerprint density at radius 2 is 1.83 bits per heavy atom. The third kappa shape index (κ3) is 7.68. The van der Waals surface area contributed by atoms with E-state index in [0.29, 0.717) is 31.9 Å². The van der Waals surface area contributed by atoms with E-state index in [9.17, 15) is 4.79 Å². The van der Waals surface area contributed by atoms with Crippen LogP contribution in [0.1, 0.15) is 30.6 Å². The van der Waals surface area contributed by atoms with Gasteiger partial charge >= 0.3 is 0 Å². The molecule has 0 aliphatic rings. The van der Waals surface area contributed by atoms with E-state index in [2.05, 4.69) is 0 Å². The number of nitrogens with zero attached hydrogens (tertiary/aromatic N) is 1. The lowest BCUT2D eigenvalue weighted by Gasteiger charge is -2.29. The zero-order valence-electron chi connectivity index (χ0n) is 14.5. The molecule has 0 fully saturated rings. The highest BCUT2D eigenvalue weighted by Crippen LogP contribution is 2.17. The largest absolute Gasteiger partial charge is 0.494 e. The van der Waals surface area contributed by atoms with Crippen LogP contribution in [0.2, 0.25) is 0 Å². The van der Waals surface area contributed by atoms with Crippen LogP contribution >= 0.6 is 12.4 Å². The van der Waals surface area contributed by atoms with Gasteiger partial charge in [-0.05, 0) is 36.2 Å². The van der Waals surface area contributed by atoms with Crippen molar-refractivity contribution in [2.24, 2.45) is 11.1 Å². The van der Waals surface area contributed by atoms with Crippen molar-refractivity contribution < 1.29 is 14.3 Å². The summed E-state index contributed by atoms with van der Waals surface area (Å²) < 4.78 is 10.5. The van der Waals surface area contributed by atoms with Crippen LogP contribution in [0.3, 0.4) is 0 Å². The fourth-order valence-electron chi connectivity index (χ4n) is 2.09. The summed E-state index contributed by atoms with van der Waals surface area (Å²) in [6.45, 7) is 6.54. The first-order chi connectivity index (χ1) is 10.4. The number of rotatable bonds is 9. The monoisotopic (exact) mass is 344 g/mol. The fraction of sp³-hybridized carbons (Fsp3) is 0.588. The summed E-state index contributed by atoms with van der Waals surface area (Å²) in [4.78, 5) is 14.1. The van der Waals surface area contributed by atoms with Crippen molar-refractivity contribution in [3.8, 4) is 5.75 Å². The van der Waals surface area contributed by atoms with E-state index in [1.165, 1.54) is 0 Å². The molecule has 132 valence electrons. The van der Waals surface area contributed by atoms with E-state index in [4.69, 9.17) is 15.2 Å². The van der Waals surface area contributed by atoms with Crippen LogP contribution in [0.15, 0.2) is 24.3 Å². The van der Waals surface area contributed by atoms with Gasteiger partial charge < -0.3 is 20.1 Å². The molecule has 0 bridgehead atoms. The Hall–Kier alpha value is -1.30. The highest BCUT2D eigenvalue weighted by molar-refractivity contribution is 5.94. The molecule has 0 saturated heterocycles. The van der Waals surface area contributed by atoms with Gasteiger partial charge in [0.25, 0.3) is 5.91 Å². The molecule has 2 N–H and O–H groups in total. The Bertz CT molecular complexity index is 463. The smallest absolute Gasteiger partial charge is 0.253 e. The topological polar surface area (TPSA) is 64.8 Å². The van der Waals surface area contributed by atoms with Gasteiger partial charge in [0, 0.05) is 39.3 Å². The third-order valence-corrected chi connectivity index (χ3v) is 3.43. The Kier molecular flexibility index (Phi) is 9.88. The second-order valence-corrected chi connectivity index (χ2v) is 6.25. The van der Waals surface area contributed by atoms with E-state index < -0.39 is 0 Å². The first-order valence-electron chi connectivity index (χ1n) is 7.57. The first-order valence-corrected chi connectivity index (χ1v) is 7.57. The number of benzene rings is 1. The molecule has 23 heavy (non-hydrogen) atoms. The molecule has 0 heterocycles. The number of nitrogens with two attached hydrogens (primary N) is 1. The predicted octanol–water partition coefficient (Wildman–Crippen LogP) is 2.58. The molecule has 5 nitrogen and oxygen atoms in total. The highest BCUT2D eigenvalue weighted by Gasteiger charge is 2.21. The maximum absolute atomic E-state index is 12.4. The average Bonchev–Trinajstić information content (AvgIpc) is 2.51. The van der Waals surface area contributed by atoms with Crippen molar-refractivity contribution in [3.05, 3.63) is 29.8 Å². The van der Waals surface area contributed by atoms with Gasteiger partial charge in [0.05, 0.1) is 6.61 Å². The lowest BCUT2D eigenvalue weighted by atomic mass is 9.93. The van der Waals surface area contributed by atoms with Gasteiger partial charge in [0.1, 0.15) is 5.75 Å². The summed E-state index contributed by atoms with van der Waals surface area (Å²) >= 11 is 0. The standard InChI is InChI=1S/C17H28N2O3.ClH/c1-17(2,12-18)13-19(3)16(20)14-6-8-15(9-7-14)22-11-5-10-21-4;/h6-9H,5,10-13,18H2,1-4H3;1H. The molecule has 0 saturated carbocycles. The Labute approximate surface area is 145 Å². The molecule has 1 aromatic carbocycles. The number of amides is 1. The molecule has 1 rings (SSSR count). The minimum Gasteiger partial charge on any atom is -0.494 e. The second kappa shape index (κ2) is 10.5. The van der Waals surface area contributed by atoms with Gasteiger partial charge in [-0.25, -0.2) is 0 Å². The second-order valence-electron chi connectivity index (χ2n) is 6.25. The summed E-state index contributed by atoms with van der Waals surface area (Å²) in [5, 5.41) is 0. The maximum Gasteiger partial charge on any atom is 0.253 e. The van der Waals surface area contributed by atoms with Gasteiger partial charge in [-0.1, -0.05) is 13.8 Å². The molecule has 0 radical (unpaired) electrons. The van der Waals surface area contributed by atoms with Crippen molar-refractivity contribution in [3.63, 3.8) is 0 Å². The molecular weight excluding hydrogens is 316 g/mol. The van der Waals surface area contributed by atoms with Gasteiger partial charge in [-0.2, -0.15) is 0 Å². The van der Waals surface area contributed by atoms with E-state index in [1.807, 2.05) is 26.0 Å². The van der Waals surface area contributed by atoms with Crippen LogP contribution < -0.4 is 10.5 Å². The van der Waals surface area contributed by atoms with Crippen molar-refractivity contribution in [2.45, 2.75) is 20.3 Å². The van der Waals surface area contributed by atoms with E-state index in [0.717, 1.165) is 12.2 Å².